The SMILES string of the molecule is Cc1ccc(-c2nnc(SCC(=O)Nc3c(Cl)cccc3Cl)o2)cc1C. The molecule has 1 heterocycles. The highest BCUT2D eigenvalue weighted by Gasteiger charge is 2.14. The maximum absolute atomic E-state index is 12.1. The lowest BCUT2D eigenvalue weighted by Crippen LogP contribution is -2.14. The number of halogens is 2. The topological polar surface area (TPSA) is 68.0 Å². The minimum Gasteiger partial charge on any atom is -0.411 e. The van der Waals surface area contributed by atoms with Gasteiger partial charge in [-0.3, -0.25) is 4.79 Å². The van der Waals surface area contributed by atoms with Crippen molar-refractivity contribution in [2.45, 2.75) is 19.1 Å². The molecule has 0 aliphatic heterocycles. The van der Waals surface area contributed by atoms with Gasteiger partial charge >= 0.3 is 0 Å². The number of hydrogen-bond donors (Lipinski definition) is 1. The van der Waals surface area contributed by atoms with E-state index in [2.05, 4.69) is 15.5 Å². The molecule has 5 nitrogen and oxygen atoms in total. The van der Waals surface area contributed by atoms with E-state index in [-0.39, 0.29) is 11.7 Å². The third kappa shape index (κ3) is 4.38. The van der Waals surface area contributed by atoms with Crippen LogP contribution >= 0.6 is 35.0 Å². The van der Waals surface area contributed by atoms with Crippen molar-refractivity contribution in [3.05, 3.63) is 57.6 Å². The van der Waals surface area contributed by atoms with Crippen LogP contribution in [0.4, 0.5) is 5.69 Å². The Morgan fingerprint density at radius 2 is 1.85 bits per heavy atom. The van der Waals surface area contributed by atoms with Crippen LogP contribution in [0.3, 0.4) is 0 Å². The number of hydrogen-bond acceptors (Lipinski definition) is 5. The number of carbonyl (C=O) groups excluding carboxylic acids is 1. The summed E-state index contributed by atoms with van der Waals surface area (Å²) in [6.45, 7) is 4.06. The largest absolute Gasteiger partial charge is 0.411 e. The van der Waals surface area contributed by atoms with Crippen LogP contribution in [0.1, 0.15) is 11.1 Å². The number of nitrogens with one attached hydrogen (secondary N) is 1. The van der Waals surface area contributed by atoms with Gasteiger partial charge in [0, 0.05) is 5.56 Å². The van der Waals surface area contributed by atoms with Crippen LogP contribution < -0.4 is 5.32 Å². The molecule has 3 rings (SSSR count). The fourth-order valence-electron chi connectivity index (χ4n) is 2.18. The van der Waals surface area contributed by atoms with Gasteiger partial charge in [-0.25, -0.2) is 0 Å². The normalized spacial score (nSPS) is 10.8. The first-order valence-electron chi connectivity index (χ1n) is 7.72. The van der Waals surface area contributed by atoms with Gasteiger partial charge in [-0.2, -0.15) is 0 Å². The predicted octanol–water partition coefficient (Wildman–Crippen LogP) is 5.39. The number of para-hydroxylation sites is 1. The summed E-state index contributed by atoms with van der Waals surface area (Å²) in [5, 5.41) is 11.8. The fraction of sp³-hybridized carbons (Fsp3) is 0.167. The standard InChI is InChI=1S/C18H15Cl2N3O2S/c1-10-6-7-12(8-11(10)2)17-22-23-18(25-17)26-9-15(24)21-16-13(19)4-3-5-14(16)20/h3-8H,9H2,1-2H3,(H,21,24). The third-order valence-corrected chi connectivity index (χ3v) is 5.16. The fourth-order valence-corrected chi connectivity index (χ4v) is 3.23. The van der Waals surface area contributed by atoms with Gasteiger partial charge in [0.15, 0.2) is 0 Å². The molecule has 0 spiro atoms. The van der Waals surface area contributed by atoms with E-state index in [1.54, 1.807) is 18.2 Å². The summed E-state index contributed by atoms with van der Waals surface area (Å²) in [4.78, 5) is 12.1. The first-order chi connectivity index (χ1) is 12.4. The lowest BCUT2D eigenvalue weighted by Gasteiger charge is -2.08. The van der Waals surface area contributed by atoms with E-state index in [9.17, 15) is 4.79 Å². The van der Waals surface area contributed by atoms with E-state index in [4.69, 9.17) is 27.6 Å². The molecule has 3 aromatic rings. The summed E-state index contributed by atoms with van der Waals surface area (Å²) in [5.74, 6) is 0.247. The van der Waals surface area contributed by atoms with Crippen molar-refractivity contribution in [1.82, 2.24) is 10.2 Å². The molecule has 0 saturated heterocycles. The molecule has 0 fully saturated rings. The number of rotatable bonds is 5. The van der Waals surface area contributed by atoms with Gasteiger partial charge in [0.1, 0.15) is 0 Å². The molecule has 134 valence electrons. The predicted molar refractivity (Wildman–Crippen MR) is 105 cm³/mol. The van der Waals surface area contributed by atoms with Gasteiger partial charge in [0.25, 0.3) is 5.22 Å². The van der Waals surface area contributed by atoms with Crippen molar-refractivity contribution in [2.75, 3.05) is 11.1 Å². The Morgan fingerprint density at radius 3 is 2.54 bits per heavy atom. The Hall–Kier alpha value is -2.02. The van der Waals surface area contributed by atoms with Crippen LogP contribution in [0.25, 0.3) is 11.5 Å². The maximum atomic E-state index is 12.1. The molecule has 0 radical (unpaired) electrons. The second-order valence-electron chi connectivity index (χ2n) is 5.61. The van der Waals surface area contributed by atoms with Crippen molar-refractivity contribution in [3.8, 4) is 11.5 Å². The Morgan fingerprint density at radius 1 is 1.12 bits per heavy atom. The minimum atomic E-state index is -0.268. The van der Waals surface area contributed by atoms with E-state index < -0.39 is 0 Å². The number of thioether (sulfide) groups is 1. The average molecular weight is 408 g/mol. The molecule has 2 aromatic carbocycles. The Bertz CT molecular complexity index is 939. The number of carbonyl (C=O) groups is 1. The number of anilines is 1. The summed E-state index contributed by atoms with van der Waals surface area (Å²) in [6.07, 6.45) is 0. The maximum Gasteiger partial charge on any atom is 0.277 e. The molecule has 0 atom stereocenters. The Labute approximate surface area is 165 Å². The molecular weight excluding hydrogens is 393 g/mol. The van der Waals surface area contributed by atoms with Crippen LogP contribution in [0.15, 0.2) is 46.0 Å². The zero-order valence-corrected chi connectivity index (χ0v) is 16.4. The number of benzene rings is 2. The van der Waals surface area contributed by atoms with Gasteiger partial charge in [-0.05, 0) is 49.2 Å². The van der Waals surface area contributed by atoms with E-state index >= 15 is 0 Å². The molecule has 8 heteroatoms. The zero-order valence-electron chi connectivity index (χ0n) is 14.0. The summed E-state index contributed by atoms with van der Waals surface area (Å²) in [5.41, 5.74) is 3.58. The summed E-state index contributed by atoms with van der Waals surface area (Å²) in [6, 6.07) is 10.9. The lowest BCUT2D eigenvalue weighted by atomic mass is 10.1. The highest BCUT2D eigenvalue weighted by molar-refractivity contribution is 7.99. The lowest BCUT2D eigenvalue weighted by molar-refractivity contribution is -0.113. The minimum absolute atomic E-state index is 0.0934. The highest BCUT2D eigenvalue weighted by Crippen LogP contribution is 2.30. The molecule has 0 aliphatic carbocycles. The van der Waals surface area contributed by atoms with Crippen molar-refractivity contribution in [3.63, 3.8) is 0 Å². The van der Waals surface area contributed by atoms with Crippen molar-refractivity contribution >= 4 is 46.6 Å². The monoisotopic (exact) mass is 407 g/mol. The molecular formula is C18H15Cl2N3O2S. The number of aromatic nitrogens is 2. The average Bonchev–Trinajstić information content (AvgIpc) is 3.08. The molecule has 1 N–H and O–H groups in total. The van der Waals surface area contributed by atoms with Crippen LogP contribution in [0.2, 0.25) is 10.0 Å². The van der Waals surface area contributed by atoms with E-state index in [0.29, 0.717) is 26.8 Å². The second kappa shape index (κ2) is 8.12. The summed E-state index contributed by atoms with van der Waals surface area (Å²) < 4.78 is 5.62. The van der Waals surface area contributed by atoms with Gasteiger partial charge < -0.3 is 9.73 Å². The van der Waals surface area contributed by atoms with Gasteiger partial charge in [-0.15, -0.1) is 10.2 Å². The van der Waals surface area contributed by atoms with Gasteiger partial charge in [-0.1, -0.05) is 47.1 Å². The number of amides is 1. The molecule has 1 aromatic heterocycles. The van der Waals surface area contributed by atoms with Crippen molar-refractivity contribution in [2.24, 2.45) is 0 Å². The van der Waals surface area contributed by atoms with Crippen LogP contribution in [0.5, 0.6) is 0 Å². The molecule has 0 bridgehead atoms. The smallest absolute Gasteiger partial charge is 0.277 e. The van der Waals surface area contributed by atoms with Crippen LogP contribution in [0, 0.1) is 13.8 Å². The molecule has 1 amide bonds. The molecule has 0 aliphatic rings. The first kappa shape index (κ1) is 18.8. The van der Waals surface area contributed by atoms with Crippen molar-refractivity contribution < 1.29 is 9.21 Å². The van der Waals surface area contributed by atoms with Gasteiger partial charge in [0.05, 0.1) is 21.5 Å². The number of nitrogens with zero attached hydrogens (tertiary/aromatic N) is 2. The molecule has 26 heavy (non-hydrogen) atoms. The Kier molecular flexibility index (Phi) is 5.86. The zero-order chi connectivity index (χ0) is 18.7. The number of aryl methyl sites for hydroxylation is 2. The highest BCUT2D eigenvalue weighted by atomic mass is 35.5. The Balaban J connectivity index is 1.63. The van der Waals surface area contributed by atoms with Crippen LogP contribution in [-0.2, 0) is 4.79 Å². The second-order valence-corrected chi connectivity index (χ2v) is 7.35. The first-order valence-corrected chi connectivity index (χ1v) is 9.46. The van der Waals surface area contributed by atoms with E-state index in [0.717, 1.165) is 22.9 Å². The van der Waals surface area contributed by atoms with Crippen LogP contribution in [-0.4, -0.2) is 21.9 Å². The quantitative estimate of drug-likeness (QED) is 0.574. The summed E-state index contributed by atoms with van der Waals surface area (Å²) >= 11 is 13.2. The molecule has 0 unspecified atom stereocenters. The summed E-state index contributed by atoms with van der Waals surface area (Å²) in [7, 11) is 0. The molecule has 0 saturated carbocycles. The van der Waals surface area contributed by atoms with Crippen molar-refractivity contribution in [1.29, 1.82) is 0 Å². The van der Waals surface area contributed by atoms with Gasteiger partial charge in [0.2, 0.25) is 11.8 Å². The van der Waals surface area contributed by atoms with E-state index in [1.807, 2.05) is 32.0 Å². The van der Waals surface area contributed by atoms with E-state index in [1.165, 1.54) is 5.56 Å². The third-order valence-electron chi connectivity index (χ3n) is 3.71.